The summed E-state index contributed by atoms with van der Waals surface area (Å²) >= 11 is 0. The number of anilines is 1. The number of ether oxygens (including phenoxy) is 4. The fraction of sp³-hybridized carbons (Fsp3) is 0.444. The van der Waals surface area contributed by atoms with Crippen LogP contribution in [0.4, 0.5) is 5.69 Å². The molecule has 4 heterocycles. The minimum absolute atomic E-state index is 0.0253. The molecule has 13 heteroatoms. The third kappa shape index (κ3) is 5.81. The number of hydrogen-bond acceptors (Lipinski definition) is 10. The maximum atomic E-state index is 14.4. The number of nitriles is 1. The summed E-state index contributed by atoms with van der Waals surface area (Å²) in [6.45, 7) is 9.70. The van der Waals surface area contributed by atoms with Gasteiger partial charge in [-0.2, -0.15) is 5.26 Å². The monoisotopic (exact) mass is 689 g/mol. The quantitative estimate of drug-likeness (QED) is 0.318. The third-order valence-electron chi connectivity index (χ3n) is 9.39. The van der Waals surface area contributed by atoms with Crippen LogP contribution < -0.4 is 9.86 Å². The zero-order chi connectivity index (χ0) is 35.4. The highest BCUT2D eigenvalue weighted by atomic mass is 32.2. The molecular weight excluding hydrogens is 650 g/mol. The van der Waals surface area contributed by atoms with Gasteiger partial charge in [0.25, 0.3) is 15.6 Å². The second-order valence-corrected chi connectivity index (χ2v) is 15.4. The SMILES string of the molecule is CCOC(=O)[C@@](CC)(OC(=O)[C@H]1Cc2ccccc2N1S(=O)(=O)c1ccc(C)cc1)c1cc2n(c(=O)c1C#N)CC1(C2)OCC(C)(C)CO1. The van der Waals surface area contributed by atoms with Crippen LogP contribution in [-0.4, -0.2) is 56.6 Å². The average Bonchev–Trinajstić information content (AvgIpc) is 3.65. The van der Waals surface area contributed by atoms with Crippen LogP contribution in [0.2, 0.25) is 0 Å². The van der Waals surface area contributed by atoms with Gasteiger partial charge in [-0.3, -0.25) is 9.10 Å². The van der Waals surface area contributed by atoms with Gasteiger partial charge in [-0.25, -0.2) is 18.0 Å². The van der Waals surface area contributed by atoms with Crippen molar-refractivity contribution in [1.82, 2.24) is 4.57 Å². The first-order valence-electron chi connectivity index (χ1n) is 16.2. The number of hydrogen-bond donors (Lipinski definition) is 0. The Morgan fingerprint density at radius 2 is 1.76 bits per heavy atom. The number of nitrogens with zero attached hydrogens (tertiary/aromatic N) is 3. The Bertz CT molecular complexity index is 2020. The fourth-order valence-electron chi connectivity index (χ4n) is 6.71. The van der Waals surface area contributed by atoms with Crippen molar-refractivity contribution in [3.8, 4) is 6.07 Å². The molecule has 3 aliphatic heterocycles. The molecule has 0 amide bonds. The van der Waals surface area contributed by atoms with Gasteiger partial charge in [0, 0.05) is 29.5 Å². The first-order valence-corrected chi connectivity index (χ1v) is 17.7. The summed E-state index contributed by atoms with van der Waals surface area (Å²) in [5.74, 6) is -3.16. The number of pyridine rings is 1. The van der Waals surface area contributed by atoms with Crippen molar-refractivity contribution in [2.75, 3.05) is 24.1 Å². The number of carbonyl (C=O) groups is 2. The maximum Gasteiger partial charge on any atom is 0.355 e. The summed E-state index contributed by atoms with van der Waals surface area (Å²) in [7, 11) is -4.29. The van der Waals surface area contributed by atoms with Crippen molar-refractivity contribution in [1.29, 1.82) is 5.26 Å². The van der Waals surface area contributed by atoms with Crippen molar-refractivity contribution < 1.29 is 37.0 Å². The minimum Gasteiger partial charge on any atom is -0.463 e. The summed E-state index contributed by atoms with van der Waals surface area (Å²) in [6, 6.07) is 15.0. The Morgan fingerprint density at radius 1 is 1.08 bits per heavy atom. The van der Waals surface area contributed by atoms with Gasteiger partial charge in [-0.05, 0) is 50.1 Å². The molecule has 1 spiro atoms. The molecule has 258 valence electrons. The van der Waals surface area contributed by atoms with Crippen LogP contribution in [0, 0.1) is 23.7 Å². The second-order valence-electron chi connectivity index (χ2n) is 13.5. The summed E-state index contributed by atoms with van der Waals surface area (Å²) in [5.41, 5.74) is -1.56. The van der Waals surface area contributed by atoms with E-state index in [4.69, 9.17) is 18.9 Å². The lowest BCUT2D eigenvalue weighted by Gasteiger charge is -2.40. The Balaban J connectivity index is 1.43. The average molecular weight is 690 g/mol. The van der Waals surface area contributed by atoms with Gasteiger partial charge in [-0.15, -0.1) is 0 Å². The summed E-state index contributed by atoms with van der Waals surface area (Å²) in [6.07, 6.45) is -0.103. The number of aromatic nitrogens is 1. The molecule has 3 aromatic rings. The van der Waals surface area contributed by atoms with Crippen molar-refractivity contribution in [3.63, 3.8) is 0 Å². The number of esters is 2. The predicted molar refractivity (Wildman–Crippen MR) is 177 cm³/mol. The molecule has 6 rings (SSSR count). The standard InChI is InChI=1S/C36H39N3O9S/c1-6-36(33(42)45-7-2,28-17-25-18-35(46-21-34(4,5)22-47-35)20-38(25)31(40)27(28)19-37)48-32(41)30-16-24-10-8-9-11-29(24)39(30)49(43,44)26-14-12-23(3)13-15-26/h8-15,17,30H,6-7,16,18,20-22H2,1-5H3/t30-,36+/m1/s1. The van der Waals surface area contributed by atoms with E-state index in [0.717, 1.165) is 9.87 Å². The van der Waals surface area contributed by atoms with Crippen LogP contribution in [-0.2, 0) is 63.5 Å². The van der Waals surface area contributed by atoms with E-state index in [1.807, 2.05) is 26.8 Å². The normalized spacial score (nSPS) is 20.2. The molecule has 1 saturated heterocycles. The van der Waals surface area contributed by atoms with E-state index in [1.54, 1.807) is 50.2 Å². The number of rotatable bonds is 8. The van der Waals surface area contributed by atoms with Crippen LogP contribution in [0.15, 0.2) is 64.3 Å². The van der Waals surface area contributed by atoms with Gasteiger partial charge in [0.15, 0.2) is 5.79 Å². The Kier molecular flexibility index (Phi) is 8.71. The smallest absolute Gasteiger partial charge is 0.355 e. The van der Waals surface area contributed by atoms with Crippen LogP contribution >= 0.6 is 0 Å². The Hall–Kier alpha value is -4.51. The van der Waals surface area contributed by atoms with Crippen LogP contribution in [0.1, 0.15) is 62.1 Å². The fourth-order valence-corrected chi connectivity index (χ4v) is 8.35. The maximum absolute atomic E-state index is 14.4. The molecule has 0 saturated carbocycles. The number of fused-ring (bicyclic) bond motifs is 2. The van der Waals surface area contributed by atoms with Crippen LogP contribution in [0.5, 0.6) is 0 Å². The first-order chi connectivity index (χ1) is 23.2. The van der Waals surface area contributed by atoms with Gasteiger partial charge < -0.3 is 23.5 Å². The van der Waals surface area contributed by atoms with E-state index >= 15 is 0 Å². The predicted octanol–water partition coefficient (Wildman–Crippen LogP) is 3.89. The third-order valence-corrected chi connectivity index (χ3v) is 11.2. The summed E-state index contributed by atoms with van der Waals surface area (Å²) in [4.78, 5) is 42.2. The molecule has 1 fully saturated rings. The van der Waals surface area contributed by atoms with Crippen LogP contribution in [0.3, 0.4) is 0 Å². The number of para-hydroxylation sites is 1. The lowest BCUT2D eigenvalue weighted by molar-refractivity contribution is -0.296. The summed E-state index contributed by atoms with van der Waals surface area (Å²) < 4.78 is 54.5. The minimum atomic E-state index is -4.29. The highest BCUT2D eigenvalue weighted by Gasteiger charge is 2.53. The van der Waals surface area contributed by atoms with Gasteiger partial charge in [0.1, 0.15) is 17.7 Å². The van der Waals surface area contributed by atoms with Gasteiger partial charge >= 0.3 is 11.9 Å². The molecule has 1 aromatic heterocycles. The zero-order valence-corrected chi connectivity index (χ0v) is 29.0. The topological polar surface area (TPSA) is 154 Å². The lowest BCUT2D eigenvalue weighted by atomic mass is 9.87. The largest absolute Gasteiger partial charge is 0.463 e. The number of benzene rings is 2. The molecule has 3 aliphatic rings. The zero-order valence-electron chi connectivity index (χ0n) is 28.1. The molecule has 0 N–H and O–H groups in total. The van der Waals surface area contributed by atoms with E-state index in [-0.39, 0.29) is 48.3 Å². The molecule has 0 aliphatic carbocycles. The highest BCUT2D eigenvalue weighted by Crippen LogP contribution is 2.42. The van der Waals surface area contributed by atoms with E-state index in [1.165, 1.54) is 22.8 Å². The molecule has 0 bridgehead atoms. The Morgan fingerprint density at radius 3 is 2.39 bits per heavy atom. The molecule has 2 aromatic carbocycles. The second kappa shape index (κ2) is 12.4. The highest BCUT2D eigenvalue weighted by molar-refractivity contribution is 7.93. The van der Waals surface area contributed by atoms with Crippen molar-refractivity contribution in [2.24, 2.45) is 5.41 Å². The molecule has 2 atom stereocenters. The first kappa shape index (κ1) is 34.4. The van der Waals surface area contributed by atoms with Crippen molar-refractivity contribution >= 4 is 27.6 Å². The number of carbonyl (C=O) groups excluding carboxylic acids is 2. The molecule has 0 unspecified atom stereocenters. The van der Waals surface area contributed by atoms with E-state index in [9.17, 15) is 28.1 Å². The van der Waals surface area contributed by atoms with Gasteiger partial charge in [0.2, 0.25) is 5.60 Å². The summed E-state index contributed by atoms with van der Waals surface area (Å²) in [5, 5.41) is 10.3. The number of aryl methyl sites for hydroxylation is 1. The molecule has 49 heavy (non-hydrogen) atoms. The van der Waals surface area contributed by atoms with E-state index < -0.39 is 50.5 Å². The lowest BCUT2D eigenvalue weighted by Crippen LogP contribution is -2.50. The van der Waals surface area contributed by atoms with Crippen molar-refractivity contribution in [3.05, 3.63) is 92.9 Å². The molecular formula is C36H39N3O9S. The van der Waals surface area contributed by atoms with Gasteiger partial charge in [-0.1, -0.05) is 56.7 Å². The molecule has 12 nitrogen and oxygen atoms in total. The van der Waals surface area contributed by atoms with Crippen LogP contribution in [0.25, 0.3) is 0 Å². The number of sulfonamides is 1. The van der Waals surface area contributed by atoms with E-state index in [2.05, 4.69) is 0 Å². The molecule has 0 radical (unpaired) electrons. The van der Waals surface area contributed by atoms with Crippen molar-refractivity contribution in [2.45, 2.75) is 82.8 Å². The van der Waals surface area contributed by atoms with Gasteiger partial charge in [0.05, 0.1) is 36.9 Å². The van der Waals surface area contributed by atoms with E-state index in [0.29, 0.717) is 30.2 Å². The Labute approximate surface area is 285 Å².